The number of hydrogen-bond donors (Lipinski definition) is 2. The number of carboxylic acid groups (broad SMARTS) is 1. The van der Waals surface area contributed by atoms with Crippen LogP contribution < -0.4 is 5.32 Å². The van der Waals surface area contributed by atoms with Crippen molar-refractivity contribution in [2.75, 3.05) is 6.61 Å². The molecule has 2 N–H and O–H groups in total. The number of carbonyl (C=O) groups is 3. The minimum Gasteiger partial charge on any atom is -0.480 e. The zero-order valence-corrected chi connectivity index (χ0v) is 15.3. The summed E-state index contributed by atoms with van der Waals surface area (Å²) in [4.78, 5) is 35.2. The largest absolute Gasteiger partial charge is 0.480 e. The number of rotatable bonds is 9. The Labute approximate surface area is 148 Å². The van der Waals surface area contributed by atoms with E-state index in [1.807, 2.05) is 39.8 Å². The van der Waals surface area contributed by atoms with Gasteiger partial charge in [0, 0.05) is 31.4 Å². The van der Waals surface area contributed by atoms with Crippen molar-refractivity contribution in [3.05, 3.63) is 35.4 Å². The van der Waals surface area contributed by atoms with Gasteiger partial charge < -0.3 is 15.2 Å². The van der Waals surface area contributed by atoms with Crippen LogP contribution in [0.1, 0.15) is 56.0 Å². The Morgan fingerprint density at radius 3 is 2.24 bits per heavy atom. The van der Waals surface area contributed by atoms with Gasteiger partial charge in [0.2, 0.25) is 5.91 Å². The molecule has 6 heteroatoms. The van der Waals surface area contributed by atoms with Gasteiger partial charge in [-0.15, -0.1) is 0 Å². The minimum absolute atomic E-state index is 0.0414. The molecule has 0 saturated heterocycles. The molecule has 1 aromatic carbocycles. The third-order valence-corrected chi connectivity index (χ3v) is 3.53. The molecule has 0 aliphatic carbocycles. The quantitative estimate of drug-likeness (QED) is 0.669. The highest BCUT2D eigenvalue weighted by Crippen LogP contribution is 2.09. The highest BCUT2D eigenvalue weighted by molar-refractivity contribution is 5.98. The summed E-state index contributed by atoms with van der Waals surface area (Å²) >= 11 is 0. The van der Waals surface area contributed by atoms with Crippen LogP contribution in [0.15, 0.2) is 24.3 Å². The lowest BCUT2D eigenvalue weighted by Crippen LogP contribution is -2.42. The second-order valence-corrected chi connectivity index (χ2v) is 7.00. The molecule has 6 nitrogen and oxygen atoms in total. The van der Waals surface area contributed by atoms with Crippen molar-refractivity contribution < 1.29 is 24.2 Å². The lowest BCUT2D eigenvalue weighted by Gasteiger charge is -2.21. The van der Waals surface area contributed by atoms with Gasteiger partial charge in [-0.25, -0.2) is 4.79 Å². The van der Waals surface area contributed by atoms with Crippen molar-refractivity contribution in [3.8, 4) is 0 Å². The maximum Gasteiger partial charge on any atom is 0.326 e. The van der Waals surface area contributed by atoms with E-state index in [4.69, 9.17) is 4.74 Å². The maximum atomic E-state index is 12.0. The average molecular weight is 349 g/mol. The molecule has 138 valence electrons. The van der Waals surface area contributed by atoms with Crippen LogP contribution in [0, 0.1) is 6.92 Å². The molecule has 1 amide bonds. The van der Waals surface area contributed by atoms with E-state index in [0.717, 1.165) is 5.56 Å². The Balaban J connectivity index is 2.45. The summed E-state index contributed by atoms with van der Waals surface area (Å²) in [5.41, 5.74) is 1.23. The fourth-order valence-electron chi connectivity index (χ4n) is 2.12. The number of ketones is 1. The summed E-state index contributed by atoms with van der Waals surface area (Å²) in [5, 5.41) is 11.6. The van der Waals surface area contributed by atoms with Gasteiger partial charge in [0.1, 0.15) is 6.04 Å². The zero-order valence-electron chi connectivity index (χ0n) is 15.3. The maximum absolute atomic E-state index is 12.0. The standard InChI is InChI=1S/C19H27NO5/c1-13-5-7-14(8-6-13)16(21)9-10-17(22)20-15(18(23)24)11-12-25-19(2,3)4/h5-8,15H,9-12H2,1-4H3,(H,20,22)(H,23,24). The van der Waals surface area contributed by atoms with E-state index in [1.54, 1.807) is 12.1 Å². The number of hydrogen-bond acceptors (Lipinski definition) is 4. The van der Waals surface area contributed by atoms with E-state index < -0.39 is 17.9 Å². The molecule has 0 saturated carbocycles. The van der Waals surface area contributed by atoms with Crippen LogP contribution >= 0.6 is 0 Å². The van der Waals surface area contributed by atoms with Gasteiger partial charge in [0.25, 0.3) is 0 Å². The molecule has 1 rings (SSSR count). The lowest BCUT2D eigenvalue weighted by atomic mass is 10.0. The number of Topliss-reactive ketones (excluding diaryl/α,β-unsaturated/α-hetero) is 1. The smallest absolute Gasteiger partial charge is 0.326 e. The van der Waals surface area contributed by atoms with Crippen LogP contribution in [-0.2, 0) is 14.3 Å². The van der Waals surface area contributed by atoms with Crippen LogP contribution in [0.4, 0.5) is 0 Å². The Bertz CT molecular complexity index is 601. The number of amides is 1. The summed E-state index contributed by atoms with van der Waals surface area (Å²) in [6.45, 7) is 7.77. The molecular weight excluding hydrogens is 322 g/mol. The Hall–Kier alpha value is -2.21. The molecule has 0 heterocycles. The van der Waals surface area contributed by atoms with Crippen molar-refractivity contribution >= 4 is 17.7 Å². The average Bonchev–Trinajstić information content (AvgIpc) is 2.51. The molecule has 0 spiro atoms. The molecule has 1 aromatic rings. The zero-order chi connectivity index (χ0) is 19.0. The van der Waals surface area contributed by atoms with Crippen LogP contribution in [0.3, 0.4) is 0 Å². The first-order valence-electron chi connectivity index (χ1n) is 8.34. The first kappa shape index (κ1) is 20.8. The van der Waals surface area contributed by atoms with Crippen molar-refractivity contribution in [2.45, 2.75) is 58.6 Å². The van der Waals surface area contributed by atoms with Crippen molar-refractivity contribution in [1.29, 1.82) is 0 Å². The van der Waals surface area contributed by atoms with E-state index in [-0.39, 0.29) is 37.3 Å². The van der Waals surface area contributed by atoms with E-state index in [9.17, 15) is 19.5 Å². The Morgan fingerprint density at radius 2 is 1.72 bits per heavy atom. The first-order valence-corrected chi connectivity index (χ1v) is 8.34. The molecule has 0 aliphatic rings. The molecule has 1 unspecified atom stereocenters. The van der Waals surface area contributed by atoms with Crippen LogP contribution in [0.25, 0.3) is 0 Å². The third-order valence-electron chi connectivity index (χ3n) is 3.53. The van der Waals surface area contributed by atoms with Gasteiger partial charge >= 0.3 is 5.97 Å². The van der Waals surface area contributed by atoms with Crippen molar-refractivity contribution in [2.24, 2.45) is 0 Å². The van der Waals surface area contributed by atoms with Crippen LogP contribution in [0.2, 0.25) is 0 Å². The second kappa shape index (κ2) is 9.32. The molecule has 0 aromatic heterocycles. The predicted molar refractivity (Wildman–Crippen MR) is 94.6 cm³/mol. The fraction of sp³-hybridized carbons (Fsp3) is 0.526. The third kappa shape index (κ3) is 8.44. The first-order chi connectivity index (χ1) is 11.6. The fourth-order valence-corrected chi connectivity index (χ4v) is 2.12. The van der Waals surface area contributed by atoms with Gasteiger partial charge in [-0.05, 0) is 27.7 Å². The molecule has 0 fully saturated rings. The topological polar surface area (TPSA) is 92.7 Å². The Morgan fingerprint density at radius 1 is 1.12 bits per heavy atom. The number of benzene rings is 1. The van der Waals surface area contributed by atoms with E-state index >= 15 is 0 Å². The van der Waals surface area contributed by atoms with Crippen LogP contribution in [0.5, 0.6) is 0 Å². The molecule has 1 atom stereocenters. The molecule has 0 radical (unpaired) electrons. The highest BCUT2D eigenvalue weighted by atomic mass is 16.5. The lowest BCUT2D eigenvalue weighted by molar-refractivity contribution is -0.142. The summed E-state index contributed by atoms with van der Waals surface area (Å²) in [7, 11) is 0. The normalized spacial score (nSPS) is 12.5. The predicted octanol–water partition coefficient (Wildman–Crippen LogP) is 2.73. The number of carbonyl (C=O) groups excluding carboxylic acids is 2. The molecular formula is C19H27NO5. The number of carboxylic acids is 1. The number of aliphatic carboxylic acids is 1. The SMILES string of the molecule is Cc1ccc(C(=O)CCC(=O)NC(CCOC(C)(C)C)C(=O)O)cc1. The van der Waals surface area contributed by atoms with Gasteiger partial charge in [-0.1, -0.05) is 29.8 Å². The number of ether oxygens (including phenoxy) is 1. The monoisotopic (exact) mass is 349 g/mol. The minimum atomic E-state index is -1.12. The summed E-state index contributed by atoms with van der Waals surface area (Å²) in [6.07, 6.45) is 0.167. The second-order valence-electron chi connectivity index (χ2n) is 7.00. The van der Waals surface area contributed by atoms with Gasteiger partial charge in [-0.2, -0.15) is 0 Å². The van der Waals surface area contributed by atoms with Crippen molar-refractivity contribution in [1.82, 2.24) is 5.32 Å². The van der Waals surface area contributed by atoms with Gasteiger partial charge in [0.05, 0.1) is 5.60 Å². The van der Waals surface area contributed by atoms with Crippen LogP contribution in [-0.4, -0.2) is 41.0 Å². The molecule has 0 aliphatic heterocycles. The summed E-state index contributed by atoms with van der Waals surface area (Å²) in [6, 6.07) is 6.09. The van der Waals surface area contributed by atoms with E-state index in [0.29, 0.717) is 5.56 Å². The van der Waals surface area contributed by atoms with E-state index in [2.05, 4.69) is 5.32 Å². The molecule has 25 heavy (non-hydrogen) atoms. The highest BCUT2D eigenvalue weighted by Gasteiger charge is 2.21. The summed E-state index contributed by atoms with van der Waals surface area (Å²) in [5.74, 6) is -1.71. The molecule has 0 bridgehead atoms. The van der Waals surface area contributed by atoms with E-state index in [1.165, 1.54) is 0 Å². The Kier molecular flexibility index (Phi) is 7.77. The number of aryl methyl sites for hydroxylation is 1. The number of nitrogens with one attached hydrogen (secondary N) is 1. The summed E-state index contributed by atoms with van der Waals surface area (Å²) < 4.78 is 5.49. The van der Waals surface area contributed by atoms with Gasteiger partial charge in [0.15, 0.2) is 5.78 Å². The van der Waals surface area contributed by atoms with Crippen molar-refractivity contribution in [3.63, 3.8) is 0 Å². The van der Waals surface area contributed by atoms with Gasteiger partial charge in [-0.3, -0.25) is 9.59 Å².